The average molecular weight is 328 g/mol. The van der Waals surface area contributed by atoms with E-state index in [1.807, 2.05) is 18.5 Å². The smallest absolute Gasteiger partial charge is 0.159 e. The van der Waals surface area contributed by atoms with Crippen molar-refractivity contribution in [2.24, 2.45) is 0 Å². The van der Waals surface area contributed by atoms with E-state index in [0.29, 0.717) is 19.6 Å². The van der Waals surface area contributed by atoms with Crippen LogP contribution in [-0.2, 0) is 13.1 Å². The number of nitrogens with one attached hydrogen (secondary N) is 1. The fraction of sp³-hybridized carbons (Fsp3) is 0.467. The van der Waals surface area contributed by atoms with Gasteiger partial charge in [-0.15, -0.1) is 0 Å². The first-order valence-corrected chi connectivity index (χ1v) is 8.02. The molecule has 4 heterocycles. The summed E-state index contributed by atoms with van der Waals surface area (Å²) < 4.78 is 1.78. The molecule has 0 aliphatic carbocycles. The Morgan fingerprint density at radius 3 is 2.79 bits per heavy atom. The standard InChI is InChI=1S/C15H20N8O/c24-14-10-21(4-5-22(11-14)9-13-7-17-20-19-13)8-12-6-18-23-3-1-2-16-15(12)23/h1-3,6-7,14,24H,4-5,8-11H2,(H,17,19,20)/t14-/m0/s1. The molecule has 1 atom stereocenters. The third kappa shape index (κ3) is 3.28. The predicted molar refractivity (Wildman–Crippen MR) is 85.9 cm³/mol. The number of aromatic nitrogens is 6. The molecule has 0 spiro atoms. The van der Waals surface area contributed by atoms with Crippen molar-refractivity contribution in [2.45, 2.75) is 19.2 Å². The van der Waals surface area contributed by atoms with Crippen LogP contribution in [0.15, 0.2) is 30.9 Å². The van der Waals surface area contributed by atoms with Crippen molar-refractivity contribution in [1.29, 1.82) is 0 Å². The van der Waals surface area contributed by atoms with Crippen molar-refractivity contribution in [3.05, 3.63) is 42.1 Å². The number of rotatable bonds is 4. The van der Waals surface area contributed by atoms with Crippen LogP contribution in [0.5, 0.6) is 0 Å². The van der Waals surface area contributed by atoms with Gasteiger partial charge in [-0.3, -0.25) is 9.80 Å². The van der Waals surface area contributed by atoms with E-state index >= 15 is 0 Å². The third-order valence-electron chi connectivity index (χ3n) is 4.27. The predicted octanol–water partition coefficient (Wildman–Crippen LogP) is -0.474. The summed E-state index contributed by atoms with van der Waals surface area (Å²) in [6, 6.07) is 1.86. The molecule has 1 aliphatic heterocycles. The van der Waals surface area contributed by atoms with E-state index in [4.69, 9.17) is 0 Å². The van der Waals surface area contributed by atoms with Crippen LogP contribution in [0.25, 0.3) is 5.65 Å². The van der Waals surface area contributed by atoms with E-state index in [1.165, 1.54) is 0 Å². The molecule has 0 saturated carbocycles. The first kappa shape index (κ1) is 15.2. The molecule has 1 fully saturated rings. The van der Waals surface area contributed by atoms with Crippen molar-refractivity contribution >= 4 is 5.65 Å². The normalized spacial score (nSPS) is 20.5. The number of hydrogen-bond acceptors (Lipinski definition) is 7. The van der Waals surface area contributed by atoms with Crippen LogP contribution in [0.1, 0.15) is 11.3 Å². The summed E-state index contributed by atoms with van der Waals surface area (Å²) in [6.07, 6.45) is 6.85. The molecule has 0 unspecified atom stereocenters. The summed E-state index contributed by atoms with van der Waals surface area (Å²) in [4.78, 5) is 8.85. The number of aromatic amines is 1. The quantitative estimate of drug-likeness (QED) is 0.668. The molecular formula is C15H20N8O. The zero-order valence-electron chi connectivity index (χ0n) is 13.3. The minimum atomic E-state index is -0.394. The third-order valence-corrected chi connectivity index (χ3v) is 4.27. The van der Waals surface area contributed by atoms with Gasteiger partial charge in [-0.1, -0.05) is 0 Å². The van der Waals surface area contributed by atoms with E-state index in [-0.39, 0.29) is 0 Å². The number of fused-ring (bicyclic) bond motifs is 1. The molecule has 9 nitrogen and oxygen atoms in total. The molecule has 0 radical (unpaired) electrons. The summed E-state index contributed by atoms with van der Waals surface area (Å²) in [6.45, 7) is 4.44. The Morgan fingerprint density at radius 1 is 1.17 bits per heavy atom. The molecule has 3 aromatic heterocycles. The number of β-amino-alcohol motifs (C(OH)–C–C–N with tert-alkyl or cyclic N) is 1. The van der Waals surface area contributed by atoms with E-state index < -0.39 is 6.10 Å². The molecule has 0 aromatic carbocycles. The van der Waals surface area contributed by atoms with Gasteiger partial charge in [0, 0.05) is 57.2 Å². The number of H-pyrrole nitrogens is 1. The molecule has 2 N–H and O–H groups in total. The second-order valence-electron chi connectivity index (χ2n) is 6.14. The lowest BCUT2D eigenvalue weighted by molar-refractivity contribution is 0.105. The maximum Gasteiger partial charge on any atom is 0.159 e. The van der Waals surface area contributed by atoms with Crippen LogP contribution >= 0.6 is 0 Å². The van der Waals surface area contributed by atoms with E-state index in [9.17, 15) is 5.11 Å². The minimum Gasteiger partial charge on any atom is -0.390 e. The van der Waals surface area contributed by atoms with Gasteiger partial charge in [0.05, 0.1) is 24.2 Å². The zero-order chi connectivity index (χ0) is 16.4. The lowest BCUT2D eigenvalue weighted by Gasteiger charge is -2.20. The van der Waals surface area contributed by atoms with Gasteiger partial charge in [0.1, 0.15) is 0 Å². The Labute approximate surface area is 138 Å². The minimum absolute atomic E-state index is 0.394. The Bertz CT molecular complexity index is 786. The highest BCUT2D eigenvalue weighted by molar-refractivity contribution is 5.45. The second kappa shape index (κ2) is 6.63. The van der Waals surface area contributed by atoms with Gasteiger partial charge in [-0.25, -0.2) is 9.50 Å². The average Bonchev–Trinajstić information content (AvgIpc) is 3.18. The molecule has 1 saturated heterocycles. The highest BCUT2D eigenvalue weighted by Gasteiger charge is 2.22. The Kier molecular flexibility index (Phi) is 4.20. The van der Waals surface area contributed by atoms with E-state index in [0.717, 1.165) is 36.5 Å². The summed E-state index contributed by atoms with van der Waals surface area (Å²) in [5, 5.41) is 25.2. The van der Waals surface area contributed by atoms with Crippen LogP contribution < -0.4 is 0 Å². The molecule has 126 valence electrons. The van der Waals surface area contributed by atoms with Crippen molar-refractivity contribution in [2.75, 3.05) is 26.2 Å². The topological polar surface area (TPSA) is 98.5 Å². The van der Waals surface area contributed by atoms with Crippen LogP contribution in [0.4, 0.5) is 0 Å². The summed E-state index contributed by atoms with van der Waals surface area (Å²) in [5.74, 6) is 0. The van der Waals surface area contributed by atoms with E-state index in [2.05, 4.69) is 35.3 Å². The second-order valence-corrected chi connectivity index (χ2v) is 6.14. The van der Waals surface area contributed by atoms with Gasteiger partial charge < -0.3 is 5.11 Å². The van der Waals surface area contributed by atoms with Crippen molar-refractivity contribution in [3.8, 4) is 0 Å². The lowest BCUT2D eigenvalue weighted by atomic mass is 10.2. The fourth-order valence-corrected chi connectivity index (χ4v) is 3.17. The maximum atomic E-state index is 10.3. The molecule has 0 amide bonds. The van der Waals surface area contributed by atoms with Crippen LogP contribution in [0.2, 0.25) is 0 Å². The van der Waals surface area contributed by atoms with Gasteiger partial charge in [-0.2, -0.15) is 20.5 Å². The Hall–Kier alpha value is -2.36. The van der Waals surface area contributed by atoms with Crippen molar-refractivity contribution in [1.82, 2.24) is 39.8 Å². The van der Waals surface area contributed by atoms with Crippen LogP contribution in [-0.4, -0.2) is 77.2 Å². The first-order valence-electron chi connectivity index (χ1n) is 8.02. The van der Waals surface area contributed by atoms with Gasteiger partial charge in [0.2, 0.25) is 0 Å². The van der Waals surface area contributed by atoms with Gasteiger partial charge >= 0.3 is 0 Å². The van der Waals surface area contributed by atoms with Crippen LogP contribution in [0, 0.1) is 0 Å². The first-order chi connectivity index (χ1) is 11.8. The number of aliphatic hydroxyl groups excluding tert-OH is 1. The van der Waals surface area contributed by atoms with Gasteiger partial charge in [-0.05, 0) is 6.07 Å². The molecule has 0 bridgehead atoms. The molecule has 4 rings (SSSR count). The molecule has 3 aromatic rings. The summed E-state index contributed by atoms with van der Waals surface area (Å²) >= 11 is 0. The summed E-state index contributed by atoms with van der Waals surface area (Å²) in [7, 11) is 0. The van der Waals surface area contributed by atoms with Gasteiger partial charge in [0.15, 0.2) is 5.65 Å². The molecule has 1 aliphatic rings. The van der Waals surface area contributed by atoms with Gasteiger partial charge in [0.25, 0.3) is 0 Å². The highest BCUT2D eigenvalue weighted by atomic mass is 16.3. The number of aliphatic hydroxyl groups is 1. The van der Waals surface area contributed by atoms with Crippen molar-refractivity contribution in [3.63, 3.8) is 0 Å². The molecular weight excluding hydrogens is 308 g/mol. The zero-order valence-corrected chi connectivity index (χ0v) is 13.3. The molecule has 24 heavy (non-hydrogen) atoms. The largest absolute Gasteiger partial charge is 0.390 e. The lowest BCUT2D eigenvalue weighted by Crippen LogP contribution is -2.33. The van der Waals surface area contributed by atoms with Crippen LogP contribution in [0.3, 0.4) is 0 Å². The Morgan fingerprint density at radius 2 is 2.00 bits per heavy atom. The monoisotopic (exact) mass is 328 g/mol. The van der Waals surface area contributed by atoms with E-state index in [1.54, 1.807) is 16.9 Å². The SMILES string of the molecule is O[C@@H]1CN(Cc2cn[nH]n2)CCN(Cc2cnn3cccnc23)C1. The molecule has 9 heteroatoms. The fourth-order valence-electron chi connectivity index (χ4n) is 3.17. The van der Waals surface area contributed by atoms with Crippen molar-refractivity contribution < 1.29 is 5.11 Å². The number of nitrogens with zero attached hydrogens (tertiary/aromatic N) is 7. The summed E-state index contributed by atoms with van der Waals surface area (Å²) in [5.41, 5.74) is 2.84. The number of hydrogen-bond donors (Lipinski definition) is 2. The highest BCUT2D eigenvalue weighted by Crippen LogP contribution is 2.13. The Balaban J connectivity index is 1.43. The maximum absolute atomic E-state index is 10.3.